The van der Waals surface area contributed by atoms with Crippen molar-refractivity contribution in [3.63, 3.8) is 0 Å². The second kappa shape index (κ2) is 10.2. The van der Waals surface area contributed by atoms with Crippen LogP contribution in [0.15, 0.2) is 52.2 Å². The average molecular weight is 508 g/mol. The van der Waals surface area contributed by atoms with Crippen molar-refractivity contribution in [2.75, 3.05) is 12.4 Å². The summed E-state index contributed by atoms with van der Waals surface area (Å²) in [5, 5.41) is 4.39. The van der Waals surface area contributed by atoms with E-state index in [9.17, 15) is 22.0 Å². The number of sulfonamides is 1. The van der Waals surface area contributed by atoms with Crippen molar-refractivity contribution in [2.45, 2.75) is 35.9 Å². The zero-order valence-electron chi connectivity index (χ0n) is 18.3. The Morgan fingerprint density at radius 2 is 2.00 bits per heavy atom. The van der Waals surface area contributed by atoms with Gasteiger partial charge in [0.15, 0.2) is 0 Å². The van der Waals surface area contributed by atoms with Gasteiger partial charge in [-0.15, -0.1) is 11.3 Å². The number of thiophene rings is 1. The molecule has 4 rings (SSSR count). The SMILES string of the molecule is COc1cc(F)ccc1-c1cc(NC(=O)[C@H]2CCC[C@@H](NS(=O)(=O)c3cccs3)C2)ncc1F. The van der Waals surface area contributed by atoms with E-state index in [1.165, 1.54) is 31.4 Å². The Bertz CT molecular complexity index is 1280. The topological polar surface area (TPSA) is 97.4 Å². The lowest BCUT2D eigenvalue weighted by Gasteiger charge is -2.28. The standard InChI is InChI=1S/C23H23F2N3O4S2/c1-32-20-11-15(24)7-8-17(20)18-12-21(26-13-19(18)25)27-23(29)14-4-2-5-16(10-14)28-34(30,31)22-6-3-9-33-22/h3,6-9,11-14,16,28H,2,4-5,10H2,1H3,(H,26,27,29)/t14-,16+/m0/s1. The van der Waals surface area contributed by atoms with Crippen LogP contribution in [-0.2, 0) is 14.8 Å². The van der Waals surface area contributed by atoms with Crippen molar-refractivity contribution >= 4 is 33.1 Å². The molecule has 2 N–H and O–H groups in total. The fraction of sp³-hybridized carbons (Fsp3) is 0.304. The lowest BCUT2D eigenvalue weighted by molar-refractivity contribution is -0.121. The Balaban J connectivity index is 1.47. The van der Waals surface area contributed by atoms with E-state index in [0.717, 1.165) is 23.6 Å². The molecule has 0 bridgehead atoms. The number of halogens is 2. The number of nitrogens with one attached hydrogen (secondary N) is 2. The van der Waals surface area contributed by atoms with Gasteiger partial charge >= 0.3 is 0 Å². The van der Waals surface area contributed by atoms with Crippen LogP contribution in [0.2, 0.25) is 0 Å². The molecule has 0 saturated heterocycles. The molecule has 2 aromatic heterocycles. The molecule has 0 radical (unpaired) electrons. The number of anilines is 1. The number of pyridine rings is 1. The zero-order valence-corrected chi connectivity index (χ0v) is 19.9. The number of nitrogens with zero attached hydrogens (tertiary/aromatic N) is 1. The van der Waals surface area contributed by atoms with Crippen LogP contribution in [0, 0.1) is 17.6 Å². The maximum Gasteiger partial charge on any atom is 0.250 e. The van der Waals surface area contributed by atoms with E-state index in [2.05, 4.69) is 15.0 Å². The maximum atomic E-state index is 14.5. The summed E-state index contributed by atoms with van der Waals surface area (Å²) in [6.07, 6.45) is 3.24. The van der Waals surface area contributed by atoms with Crippen molar-refractivity contribution in [2.24, 2.45) is 5.92 Å². The third-order valence-electron chi connectivity index (χ3n) is 5.69. The van der Waals surface area contributed by atoms with E-state index in [1.807, 2.05) is 0 Å². The van der Waals surface area contributed by atoms with E-state index < -0.39 is 27.6 Å². The van der Waals surface area contributed by atoms with Gasteiger partial charge in [-0.25, -0.2) is 26.9 Å². The van der Waals surface area contributed by atoms with Crippen molar-refractivity contribution < 1.29 is 26.7 Å². The van der Waals surface area contributed by atoms with Gasteiger partial charge in [-0.2, -0.15) is 0 Å². The molecule has 1 fully saturated rings. The highest BCUT2D eigenvalue weighted by molar-refractivity contribution is 7.91. The third-order valence-corrected chi connectivity index (χ3v) is 8.61. The number of aromatic nitrogens is 1. The summed E-state index contributed by atoms with van der Waals surface area (Å²) in [7, 11) is -2.28. The Labute approximate surface area is 200 Å². The van der Waals surface area contributed by atoms with Crippen LogP contribution in [0.4, 0.5) is 14.6 Å². The summed E-state index contributed by atoms with van der Waals surface area (Å²) < 4.78 is 61.2. The van der Waals surface area contributed by atoms with Crippen LogP contribution < -0.4 is 14.8 Å². The van der Waals surface area contributed by atoms with Crippen LogP contribution in [0.1, 0.15) is 25.7 Å². The minimum atomic E-state index is -3.63. The molecule has 0 spiro atoms. The first-order valence-corrected chi connectivity index (χ1v) is 13.0. The molecule has 180 valence electrons. The Hall–Kier alpha value is -2.89. The number of carbonyl (C=O) groups is 1. The van der Waals surface area contributed by atoms with Gasteiger partial charge in [-0.3, -0.25) is 4.79 Å². The summed E-state index contributed by atoms with van der Waals surface area (Å²) in [6.45, 7) is 0. The van der Waals surface area contributed by atoms with Gasteiger partial charge in [-0.05, 0) is 48.9 Å². The van der Waals surface area contributed by atoms with E-state index in [4.69, 9.17) is 4.74 Å². The molecule has 1 aromatic carbocycles. The Kier molecular flexibility index (Phi) is 7.24. The van der Waals surface area contributed by atoms with Crippen molar-refractivity contribution in [1.82, 2.24) is 9.71 Å². The van der Waals surface area contributed by atoms with Crippen LogP contribution in [0.3, 0.4) is 0 Å². The molecule has 7 nitrogen and oxygen atoms in total. The molecule has 2 heterocycles. The summed E-state index contributed by atoms with van der Waals surface area (Å²) in [5.74, 6) is -1.64. The van der Waals surface area contributed by atoms with Gasteiger partial charge in [0, 0.05) is 29.2 Å². The van der Waals surface area contributed by atoms with Gasteiger partial charge in [0.1, 0.15) is 27.4 Å². The number of ether oxygens (including phenoxy) is 1. The molecule has 11 heteroatoms. The number of carbonyl (C=O) groups excluding carboxylic acids is 1. The lowest BCUT2D eigenvalue weighted by atomic mass is 9.85. The summed E-state index contributed by atoms with van der Waals surface area (Å²) in [6, 6.07) is 7.93. The van der Waals surface area contributed by atoms with Crippen LogP contribution in [0.25, 0.3) is 11.1 Å². The highest BCUT2D eigenvalue weighted by atomic mass is 32.2. The van der Waals surface area contributed by atoms with E-state index in [1.54, 1.807) is 11.4 Å². The molecule has 1 amide bonds. The number of hydrogen-bond donors (Lipinski definition) is 2. The zero-order chi connectivity index (χ0) is 24.3. The van der Waals surface area contributed by atoms with Crippen LogP contribution in [-0.4, -0.2) is 32.5 Å². The van der Waals surface area contributed by atoms with Gasteiger partial charge in [0.05, 0.1) is 13.3 Å². The fourth-order valence-electron chi connectivity index (χ4n) is 4.06. The van der Waals surface area contributed by atoms with Gasteiger partial charge in [-0.1, -0.05) is 12.5 Å². The van der Waals surface area contributed by atoms with Crippen LogP contribution in [0.5, 0.6) is 5.75 Å². The van der Waals surface area contributed by atoms with Crippen LogP contribution >= 0.6 is 11.3 Å². The first-order chi connectivity index (χ1) is 16.3. The highest BCUT2D eigenvalue weighted by Crippen LogP contribution is 2.34. The molecule has 34 heavy (non-hydrogen) atoms. The van der Waals surface area contributed by atoms with Gasteiger partial charge in [0.25, 0.3) is 0 Å². The second-order valence-electron chi connectivity index (χ2n) is 8.00. The van der Waals surface area contributed by atoms with Crippen molar-refractivity contribution in [3.8, 4) is 16.9 Å². The minimum absolute atomic E-state index is 0.104. The normalized spacial score (nSPS) is 18.4. The minimum Gasteiger partial charge on any atom is -0.496 e. The van der Waals surface area contributed by atoms with E-state index >= 15 is 0 Å². The molecular weight excluding hydrogens is 484 g/mol. The first-order valence-electron chi connectivity index (χ1n) is 10.6. The molecule has 3 aromatic rings. The molecule has 0 aliphatic heterocycles. The lowest BCUT2D eigenvalue weighted by Crippen LogP contribution is -2.40. The van der Waals surface area contributed by atoms with E-state index in [0.29, 0.717) is 31.2 Å². The number of methoxy groups -OCH3 is 1. The molecule has 2 atom stereocenters. The van der Waals surface area contributed by atoms with Gasteiger partial charge < -0.3 is 10.1 Å². The smallest absolute Gasteiger partial charge is 0.250 e. The Morgan fingerprint density at radius 1 is 1.18 bits per heavy atom. The maximum absolute atomic E-state index is 14.5. The number of benzene rings is 1. The second-order valence-corrected chi connectivity index (χ2v) is 10.9. The Morgan fingerprint density at radius 3 is 2.74 bits per heavy atom. The van der Waals surface area contributed by atoms with Crippen molar-refractivity contribution in [3.05, 3.63) is 59.6 Å². The average Bonchev–Trinajstić information content (AvgIpc) is 3.36. The summed E-state index contributed by atoms with van der Waals surface area (Å²) >= 11 is 1.13. The van der Waals surface area contributed by atoms with Gasteiger partial charge in [0.2, 0.25) is 15.9 Å². The number of amides is 1. The predicted molar refractivity (Wildman–Crippen MR) is 125 cm³/mol. The highest BCUT2D eigenvalue weighted by Gasteiger charge is 2.31. The molecular formula is C23H23F2N3O4S2. The van der Waals surface area contributed by atoms with E-state index in [-0.39, 0.29) is 33.3 Å². The molecule has 1 aliphatic rings. The summed E-state index contributed by atoms with van der Waals surface area (Å²) in [4.78, 5) is 16.9. The fourth-order valence-corrected chi connectivity index (χ4v) is 6.35. The molecule has 1 saturated carbocycles. The third kappa shape index (κ3) is 5.43. The molecule has 1 aliphatic carbocycles. The largest absolute Gasteiger partial charge is 0.496 e. The van der Waals surface area contributed by atoms with Crippen molar-refractivity contribution in [1.29, 1.82) is 0 Å². The number of rotatable bonds is 7. The summed E-state index contributed by atoms with van der Waals surface area (Å²) in [5.41, 5.74) is 0.424. The monoisotopic (exact) mass is 507 g/mol. The first kappa shape index (κ1) is 24.2. The number of hydrogen-bond acceptors (Lipinski definition) is 6. The quantitative estimate of drug-likeness (QED) is 0.488. The predicted octanol–water partition coefficient (Wildman–Crippen LogP) is 4.57. The molecule has 0 unspecified atom stereocenters.